The van der Waals surface area contributed by atoms with Crippen molar-refractivity contribution in [2.24, 2.45) is 0 Å². The van der Waals surface area contributed by atoms with E-state index in [2.05, 4.69) is 10.1 Å². The molecule has 0 bridgehead atoms. The van der Waals surface area contributed by atoms with Crippen molar-refractivity contribution < 1.29 is 14.0 Å². The molecular formula is C15H26N2O3. The van der Waals surface area contributed by atoms with Crippen LogP contribution in [0.5, 0.6) is 0 Å². The van der Waals surface area contributed by atoms with E-state index in [0.29, 0.717) is 24.4 Å². The summed E-state index contributed by atoms with van der Waals surface area (Å²) in [7, 11) is 0. The smallest absolute Gasteiger partial charge is 0.255 e. The van der Waals surface area contributed by atoms with Crippen molar-refractivity contribution in [3.8, 4) is 0 Å². The van der Waals surface area contributed by atoms with E-state index in [0.717, 1.165) is 12.8 Å². The van der Waals surface area contributed by atoms with E-state index >= 15 is 0 Å². The fourth-order valence-electron chi connectivity index (χ4n) is 2.63. The molecule has 5 heteroatoms. The maximum Gasteiger partial charge on any atom is 0.255 e. The third-order valence-corrected chi connectivity index (χ3v) is 3.78. The molecule has 1 aliphatic carbocycles. The molecule has 0 saturated heterocycles. The van der Waals surface area contributed by atoms with E-state index in [1.54, 1.807) is 0 Å². The fraction of sp³-hybridized carbons (Fsp3) is 0.867. The van der Waals surface area contributed by atoms with Gasteiger partial charge in [-0.15, -0.1) is 0 Å². The largest absolute Gasteiger partial charge is 0.371 e. The van der Waals surface area contributed by atoms with Gasteiger partial charge in [-0.2, -0.15) is 4.98 Å². The molecule has 5 nitrogen and oxygen atoms in total. The first-order chi connectivity index (χ1) is 9.70. The average Bonchev–Trinajstić information content (AvgIpc) is 2.79. The molecule has 1 aromatic rings. The minimum atomic E-state index is -0.145. The molecule has 0 radical (unpaired) electrons. The van der Waals surface area contributed by atoms with Gasteiger partial charge in [-0.1, -0.05) is 30.8 Å². The lowest BCUT2D eigenvalue weighted by atomic mass is 10.1. The molecule has 2 atom stereocenters. The van der Waals surface area contributed by atoms with Gasteiger partial charge in [-0.3, -0.25) is 0 Å². The summed E-state index contributed by atoms with van der Waals surface area (Å²) in [5, 5.41) is 3.98. The Labute approximate surface area is 121 Å². The SMILES string of the molecule is CCO[C@H](C)c1noc([C@H](C)OC2CCCCCC2)n1. The van der Waals surface area contributed by atoms with E-state index in [1.165, 1.54) is 25.7 Å². The van der Waals surface area contributed by atoms with Gasteiger partial charge in [0.25, 0.3) is 5.89 Å². The topological polar surface area (TPSA) is 57.4 Å². The van der Waals surface area contributed by atoms with Gasteiger partial charge in [-0.25, -0.2) is 0 Å². The van der Waals surface area contributed by atoms with Gasteiger partial charge in [0.05, 0.1) is 6.10 Å². The predicted molar refractivity (Wildman–Crippen MR) is 75.3 cm³/mol. The number of hydrogen-bond donors (Lipinski definition) is 0. The van der Waals surface area contributed by atoms with Gasteiger partial charge in [0.1, 0.15) is 12.2 Å². The summed E-state index contributed by atoms with van der Waals surface area (Å²) in [4.78, 5) is 4.39. The van der Waals surface area contributed by atoms with E-state index in [9.17, 15) is 0 Å². The van der Waals surface area contributed by atoms with Crippen molar-refractivity contribution in [2.75, 3.05) is 6.61 Å². The fourth-order valence-corrected chi connectivity index (χ4v) is 2.63. The maximum absolute atomic E-state index is 6.07. The van der Waals surface area contributed by atoms with Gasteiger partial charge in [0.2, 0.25) is 0 Å². The predicted octanol–water partition coefficient (Wildman–Crippen LogP) is 3.97. The molecule has 0 aromatic carbocycles. The second-order valence-corrected chi connectivity index (χ2v) is 5.48. The first kappa shape index (κ1) is 15.4. The zero-order valence-corrected chi connectivity index (χ0v) is 12.8. The van der Waals surface area contributed by atoms with Gasteiger partial charge in [0, 0.05) is 6.61 Å². The lowest BCUT2D eigenvalue weighted by Crippen LogP contribution is -2.15. The molecule has 1 saturated carbocycles. The van der Waals surface area contributed by atoms with Crippen molar-refractivity contribution in [3.63, 3.8) is 0 Å². The molecule has 0 spiro atoms. The number of aromatic nitrogens is 2. The Kier molecular flexibility index (Phi) is 5.98. The van der Waals surface area contributed by atoms with Gasteiger partial charge in [-0.05, 0) is 33.6 Å². The third-order valence-electron chi connectivity index (χ3n) is 3.78. The molecule has 0 amide bonds. The Bertz CT molecular complexity index is 386. The number of nitrogens with zero attached hydrogens (tertiary/aromatic N) is 2. The van der Waals surface area contributed by atoms with E-state index in [1.807, 2.05) is 20.8 Å². The molecule has 2 rings (SSSR count). The normalized spacial score (nSPS) is 20.6. The Morgan fingerprint density at radius 3 is 2.50 bits per heavy atom. The lowest BCUT2D eigenvalue weighted by Gasteiger charge is -2.18. The summed E-state index contributed by atoms with van der Waals surface area (Å²) >= 11 is 0. The van der Waals surface area contributed by atoms with E-state index in [-0.39, 0.29) is 12.2 Å². The van der Waals surface area contributed by atoms with Crippen LogP contribution in [0.4, 0.5) is 0 Å². The Morgan fingerprint density at radius 2 is 1.85 bits per heavy atom. The van der Waals surface area contributed by atoms with Crippen molar-refractivity contribution in [1.82, 2.24) is 10.1 Å². The summed E-state index contributed by atoms with van der Waals surface area (Å²) in [5.41, 5.74) is 0. The van der Waals surface area contributed by atoms with Crippen LogP contribution >= 0.6 is 0 Å². The highest BCUT2D eigenvalue weighted by Crippen LogP contribution is 2.26. The van der Waals surface area contributed by atoms with Crippen LogP contribution in [0.3, 0.4) is 0 Å². The second kappa shape index (κ2) is 7.74. The summed E-state index contributed by atoms with van der Waals surface area (Å²) < 4.78 is 16.8. The molecular weight excluding hydrogens is 256 g/mol. The van der Waals surface area contributed by atoms with Crippen LogP contribution in [0.2, 0.25) is 0 Å². The number of ether oxygens (including phenoxy) is 2. The Hall–Kier alpha value is -0.940. The quantitative estimate of drug-likeness (QED) is 0.739. The van der Waals surface area contributed by atoms with Gasteiger partial charge >= 0.3 is 0 Å². The van der Waals surface area contributed by atoms with Crippen molar-refractivity contribution in [3.05, 3.63) is 11.7 Å². The van der Waals surface area contributed by atoms with Crippen LogP contribution < -0.4 is 0 Å². The molecule has 114 valence electrons. The molecule has 20 heavy (non-hydrogen) atoms. The van der Waals surface area contributed by atoms with Crippen LogP contribution in [-0.2, 0) is 9.47 Å². The van der Waals surface area contributed by atoms with Crippen molar-refractivity contribution in [2.45, 2.75) is 77.6 Å². The third kappa shape index (κ3) is 4.28. The molecule has 0 aliphatic heterocycles. The molecule has 1 heterocycles. The van der Waals surface area contributed by atoms with Crippen LogP contribution in [0.25, 0.3) is 0 Å². The maximum atomic E-state index is 6.07. The van der Waals surface area contributed by atoms with Gasteiger partial charge in [0.15, 0.2) is 5.82 Å². The zero-order valence-electron chi connectivity index (χ0n) is 12.8. The lowest BCUT2D eigenvalue weighted by molar-refractivity contribution is -0.0259. The molecule has 0 N–H and O–H groups in total. The Morgan fingerprint density at radius 1 is 1.15 bits per heavy atom. The van der Waals surface area contributed by atoms with Crippen molar-refractivity contribution in [1.29, 1.82) is 0 Å². The minimum absolute atomic E-state index is 0.136. The standard InChI is InChI=1S/C15H26N2O3/c1-4-18-11(2)14-16-15(20-17-14)12(3)19-13-9-7-5-6-8-10-13/h11-13H,4-10H2,1-3H3/t11-,12+/m1/s1. The minimum Gasteiger partial charge on any atom is -0.371 e. The highest BCUT2D eigenvalue weighted by atomic mass is 16.5. The molecule has 1 fully saturated rings. The van der Waals surface area contributed by atoms with Crippen molar-refractivity contribution >= 4 is 0 Å². The summed E-state index contributed by atoms with van der Waals surface area (Å²) in [6.07, 6.45) is 7.49. The zero-order chi connectivity index (χ0) is 14.4. The number of rotatable bonds is 6. The van der Waals surface area contributed by atoms with E-state index in [4.69, 9.17) is 14.0 Å². The molecule has 1 aliphatic rings. The highest BCUT2D eigenvalue weighted by Gasteiger charge is 2.22. The molecule has 0 unspecified atom stereocenters. The highest BCUT2D eigenvalue weighted by molar-refractivity contribution is 4.92. The van der Waals surface area contributed by atoms with Crippen LogP contribution in [0, 0.1) is 0 Å². The van der Waals surface area contributed by atoms with Crippen LogP contribution in [0.1, 0.15) is 83.2 Å². The van der Waals surface area contributed by atoms with E-state index < -0.39 is 0 Å². The average molecular weight is 282 g/mol. The Balaban J connectivity index is 1.89. The first-order valence-corrected chi connectivity index (χ1v) is 7.81. The summed E-state index contributed by atoms with van der Waals surface area (Å²) in [5.74, 6) is 1.15. The van der Waals surface area contributed by atoms with Crippen LogP contribution in [-0.4, -0.2) is 22.9 Å². The van der Waals surface area contributed by atoms with Gasteiger partial charge < -0.3 is 14.0 Å². The second-order valence-electron chi connectivity index (χ2n) is 5.48. The summed E-state index contributed by atoms with van der Waals surface area (Å²) in [6, 6.07) is 0. The number of hydrogen-bond acceptors (Lipinski definition) is 5. The monoisotopic (exact) mass is 282 g/mol. The first-order valence-electron chi connectivity index (χ1n) is 7.81. The van der Waals surface area contributed by atoms with Crippen LogP contribution in [0.15, 0.2) is 4.52 Å². The molecule has 1 aromatic heterocycles. The summed E-state index contributed by atoms with van der Waals surface area (Å²) in [6.45, 7) is 6.50.